The van der Waals surface area contributed by atoms with Gasteiger partial charge in [0.25, 0.3) is 0 Å². The van der Waals surface area contributed by atoms with Gasteiger partial charge in [-0.2, -0.15) is 0 Å². The van der Waals surface area contributed by atoms with Gasteiger partial charge in [0, 0.05) is 51.0 Å². The quantitative estimate of drug-likeness (QED) is 0.798. The predicted molar refractivity (Wildman–Crippen MR) is 103 cm³/mol. The van der Waals surface area contributed by atoms with Crippen molar-refractivity contribution in [2.24, 2.45) is 5.92 Å². The van der Waals surface area contributed by atoms with Crippen molar-refractivity contribution in [2.75, 3.05) is 32.8 Å². The Bertz CT molecular complexity index is 714. The minimum atomic E-state index is 0.774. The fourth-order valence-corrected chi connectivity index (χ4v) is 4.16. The van der Waals surface area contributed by atoms with E-state index in [9.17, 15) is 0 Å². The average molecular weight is 354 g/mol. The Morgan fingerprint density at radius 3 is 3.00 bits per heavy atom. The second-order valence-corrected chi connectivity index (χ2v) is 7.79. The van der Waals surface area contributed by atoms with E-state index in [1.807, 2.05) is 12.5 Å². The molecular formula is C21H30N4O. The first-order valence-electron chi connectivity index (χ1n) is 9.92. The number of para-hydroxylation sites is 1. The lowest BCUT2D eigenvalue weighted by Gasteiger charge is -2.31. The fourth-order valence-electron chi connectivity index (χ4n) is 4.16. The third kappa shape index (κ3) is 4.27. The van der Waals surface area contributed by atoms with Crippen LogP contribution in [-0.2, 0) is 19.6 Å². The fraction of sp³-hybridized carbons (Fsp3) is 0.571. The van der Waals surface area contributed by atoms with Crippen LogP contribution in [0.1, 0.15) is 31.0 Å². The lowest BCUT2D eigenvalue weighted by atomic mass is 10.0. The Morgan fingerprint density at radius 1 is 1.15 bits per heavy atom. The zero-order valence-corrected chi connectivity index (χ0v) is 15.8. The van der Waals surface area contributed by atoms with Crippen molar-refractivity contribution in [3.05, 3.63) is 48.0 Å². The summed E-state index contributed by atoms with van der Waals surface area (Å²) in [6.45, 7) is 10.6. The zero-order chi connectivity index (χ0) is 17.8. The van der Waals surface area contributed by atoms with Crippen molar-refractivity contribution in [1.29, 1.82) is 0 Å². The molecule has 1 saturated heterocycles. The molecule has 0 amide bonds. The standard InChI is InChI=1S/C21H30N4O/c1-18-5-4-8-23(14-18)11-12-26-21-7-3-2-6-19(21)15-24-9-10-25-17-22-13-20(25)16-24/h2-3,6-7,13,17-18H,4-5,8-12,14-16H2,1H3/t18-/m1/s1. The molecule has 4 rings (SSSR count). The van der Waals surface area contributed by atoms with Crippen LogP contribution in [0.3, 0.4) is 0 Å². The summed E-state index contributed by atoms with van der Waals surface area (Å²) in [5, 5.41) is 0. The maximum absolute atomic E-state index is 6.19. The van der Waals surface area contributed by atoms with Crippen molar-refractivity contribution >= 4 is 0 Å². The summed E-state index contributed by atoms with van der Waals surface area (Å²) in [6, 6.07) is 8.50. The molecule has 2 aliphatic rings. The summed E-state index contributed by atoms with van der Waals surface area (Å²) in [7, 11) is 0. The van der Waals surface area contributed by atoms with Gasteiger partial charge in [-0.05, 0) is 31.4 Å². The van der Waals surface area contributed by atoms with Gasteiger partial charge in [-0.15, -0.1) is 0 Å². The van der Waals surface area contributed by atoms with Crippen LogP contribution in [0, 0.1) is 5.92 Å². The van der Waals surface area contributed by atoms with E-state index in [0.717, 1.165) is 51.0 Å². The largest absolute Gasteiger partial charge is 0.492 e. The number of rotatable bonds is 6. The Morgan fingerprint density at radius 2 is 2.08 bits per heavy atom. The van der Waals surface area contributed by atoms with Gasteiger partial charge in [0.1, 0.15) is 12.4 Å². The SMILES string of the molecule is C[C@@H]1CCCN(CCOc2ccccc2CN2CCn3cncc3C2)C1. The van der Waals surface area contributed by atoms with E-state index in [-0.39, 0.29) is 0 Å². The number of hydrogen-bond donors (Lipinski definition) is 0. The molecule has 1 fully saturated rings. The topological polar surface area (TPSA) is 33.5 Å². The van der Waals surface area contributed by atoms with Crippen molar-refractivity contribution in [3.63, 3.8) is 0 Å². The monoisotopic (exact) mass is 354 g/mol. The molecule has 1 atom stereocenters. The second kappa shape index (κ2) is 8.23. The van der Waals surface area contributed by atoms with Crippen LogP contribution in [0.5, 0.6) is 5.75 Å². The van der Waals surface area contributed by atoms with Gasteiger partial charge in [-0.25, -0.2) is 4.98 Å². The normalized spacial score (nSPS) is 21.5. The number of piperidine rings is 1. The Balaban J connectivity index is 1.32. The van der Waals surface area contributed by atoms with E-state index in [1.165, 1.54) is 37.2 Å². The first kappa shape index (κ1) is 17.6. The van der Waals surface area contributed by atoms with E-state index in [4.69, 9.17) is 4.74 Å². The number of aromatic nitrogens is 2. The van der Waals surface area contributed by atoms with Gasteiger partial charge in [0.15, 0.2) is 0 Å². The summed E-state index contributed by atoms with van der Waals surface area (Å²) in [5.74, 6) is 1.86. The predicted octanol–water partition coefficient (Wildman–Crippen LogP) is 3.01. The number of imidazole rings is 1. The lowest BCUT2D eigenvalue weighted by Crippen LogP contribution is -2.37. The molecule has 26 heavy (non-hydrogen) atoms. The van der Waals surface area contributed by atoms with Gasteiger partial charge < -0.3 is 9.30 Å². The second-order valence-electron chi connectivity index (χ2n) is 7.79. The van der Waals surface area contributed by atoms with Crippen LogP contribution < -0.4 is 4.74 Å². The first-order valence-corrected chi connectivity index (χ1v) is 9.92. The molecule has 5 heteroatoms. The molecule has 2 aromatic rings. The summed E-state index contributed by atoms with van der Waals surface area (Å²) >= 11 is 0. The molecule has 0 unspecified atom stereocenters. The Hall–Kier alpha value is -1.85. The number of benzene rings is 1. The maximum atomic E-state index is 6.19. The highest BCUT2D eigenvalue weighted by molar-refractivity contribution is 5.33. The highest BCUT2D eigenvalue weighted by Crippen LogP contribution is 2.22. The number of ether oxygens (including phenoxy) is 1. The summed E-state index contributed by atoms with van der Waals surface area (Å²) in [4.78, 5) is 9.28. The third-order valence-electron chi connectivity index (χ3n) is 5.61. The van der Waals surface area contributed by atoms with Gasteiger partial charge in [-0.3, -0.25) is 9.80 Å². The van der Waals surface area contributed by atoms with E-state index in [2.05, 4.69) is 50.5 Å². The molecule has 0 radical (unpaired) electrons. The molecule has 0 aliphatic carbocycles. The Kier molecular flexibility index (Phi) is 5.56. The summed E-state index contributed by atoms with van der Waals surface area (Å²) in [6.07, 6.45) is 6.61. The molecule has 3 heterocycles. The number of likely N-dealkylation sites (tertiary alicyclic amines) is 1. The molecular weight excluding hydrogens is 324 g/mol. The van der Waals surface area contributed by atoms with Crippen molar-refractivity contribution in [2.45, 2.75) is 39.4 Å². The van der Waals surface area contributed by atoms with E-state index >= 15 is 0 Å². The van der Waals surface area contributed by atoms with Gasteiger partial charge >= 0.3 is 0 Å². The van der Waals surface area contributed by atoms with E-state index in [0.29, 0.717) is 0 Å². The number of nitrogens with zero attached hydrogens (tertiary/aromatic N) is 4. The van der Waals surface area contributed by atoms with Crippen LogP contribution in [0.25, 0.3) is 0 Å². The van der Waals surface area contributed by atoms with Crippen LogP contribution in [0.2, 0.25) is 0 Å². The maximum Gasteiger partial charge on any atom is 0.123 e. The van der Waals surface area contributed by atoms with Crippen LogP contribution >= 0.6 is 0 Å². The van der Waals surface area contributed by atoms with E-state index < -0.39 is 0 Å². The van der Waals surface area contributed by atoms with Gasteiger partial charge in [0.2, 0.25) is 0 Å². The van der Waals surface area contributed by atoms with E-state index in [1.54, 1.807) is 0 Å². The molecule has 140 valence electrons. The molecule has 0 saturated carbocycles. The minimum absolute atomic E-state index is 0.774. The molecule has 1 aromatic carbocycles. The number of hydrogen-bond acceptors (Lipinski definition) is 4. The van der Waals surface area contributed by atoms with Gasteiger partial charge in [0.05, 0.1) is 12.0 Å². The molecule has 2 aliphatic heterocycles. The first-order chi connectivity index (χ1) is 12.8. The highest BCUT2D eigenvalue weighted by Gasteiger charge is 2.18. The van der Waals surface area contributed by atoms with Crippen molar-refractivity contribution in [1.82, 2.24) is 19.4 Å². The zero-order valence-electron chi connectivity index (χ0n) is 15.8. The van der Waals surface area contributed by atoms with Crippen LogP contribution in [-0.4, -0.2) is 52.1 Å². The highest BCUT2D eigenvalue weighted by atomic mass is 16.5. The smallest absolute Gasteiger partial charge is 0.123 e. The molecule has 0 spiro atoms. The van der Waals surface area contributed by atoms with Gasteiger partial charge in [-0.1, -0.05) is 25.1 Å². The summed E-state index contributed by atoms with van der Waals surface area (Å²) < 4.78 is 8.43. The minimum Gasteiger partial charge on any atom is -0.492 e. The van der Waals surface area contributed by atoms with Crippen molar-refractivity contribution < 1.29 is 4.74 Å². The molecule has 0 bridgehead atoms. The number of fused-ring (bicyclic) bond motifs is 1. The van der Waals surface area contributed by atoms with Crippen molar-refractivity contribution in [3.8, 4) is 5.75 Å². The Labute approximate surface area is 156 Å². The molecule has 5 nitrogen and oxygen atoms in total. The van der Waals surface area contributed by atoms with Crippen LogP contribution in [0.15, 0.2) is 36.8 Å². The average Bonchev–Trinajstić information content (AvgIpc) is 3.11. The van der Waals surface area contributed by atoms with Crippen LogP contribution in [0.4, 0.5) is 0 Å². The lowest BCUT2D eigenvalue weighted by molar-refractivity contribution is 0.152. The molecule has 0 N–H and O–H groups in total. The third-order valence-corrected chi connectivity index (χ3v) is 5.61. The molecule has 1 aromatic heterocycles. The summed E-state index contributed by atoms with van der Waals surface area (Å²) in [5.41, 5.74) is 2.58.